The Morgan fingerprint density at radius 3 is 2.08 bits per heavy atom. The second-order valence-electron chi connectivity index (χ2n) is 3.46. The van der Waals surface area contributed by atoms with Crippen molar-refractivity contribution < 1.29 is 4.79 Å². The summed E-state index contributed by atoms with van der Waals surface area (Å²) >= 11 is 0. The van der Waals surface area contributed by atoms with Crippen LogP contribution in [0.2, 0.25) is 0 Å². The third-order valence-corrected chi connectivity index (χ3v) is 2.57. The smallest absolute Gasteiger partial charge is 0.315 e. The molecule has 12 heavy (non-hydrogen) atoms. The highest BCUT2D eigenvalue weighted by Gasteiger charge is 2.30. The standard InChI is InChI=1S/C9H14N2O/c12-9-10-7-5-3-1-2-4-6-8(7)11-9/h1-2,7-8H,3-6H2,(H2,10,11,12)/b2-1+. The molecule has 3 heteroatoms. The molecule has 1 heterocycles. The number of carbonyl (C=O) groups is 1. The molecule has 66 valence electrons. The first-order valence-electron chi connectivity index (χ1n) is 4.58. The maximum absolute atomic E-state index is 11.0. The van der Waals surface area contributed by atoms with Gasteiger partial charge in [-0.1, -0.05) is 12.2 Å². The van der Waals surface area contributed by atoms with Gasteiger partial charge in [0.25, 0.3) is 0 Å². The summed E-state index contributed by atoms with van der Waals surface area (Å²) in [6.45, 7) is 0. The third kappa shape index (κ3) is 1.44. The van der Waals surface area contributed by atoms with E-state index in [1.165, 1.54) is 0 Å². The van der Waals surface area contributed by atoms with Gasteiger partial charge in [-0.05, 0) is 25.7 Å². The number of nitrogens with one attached hydrogen (secondary N) is 2. The largest absolute Gasteiger partial charge is 0.333 e. The van der Waals surface area contributed by atoms with Crippen molar-refractivity contribution in [3.8, 4) is 0 Å². The zero-order chi connectivity index (χ0) is 8.39. The lowest BCUT2D eigenvalue weighted by molar-refractivity contribution is 0.246. The molecule has 0 radical (unpaired) electrons. The van der Waals surface area contributed by atoms with Crippen LogP contribution in [0.3, 0.4) is 0 Å². The van der Waals surface area contributed by atoms with Gasteiger partial charge in [0.05, 0.1) is 12.1 Å². The van der Waals surface area contributed by atoms with Gasteiger partial charge in [0.15, 0.2) is 0 Å². The quantitative estimate of drug-likeness (QED) is 0.521. The van der Waals surface area contributed by atoms with Gasteiger partial charge >= 0.3 is 6.03 Å². The van der Waals surface area contributed by atoms with Gasteiger partial charge in [0, 0.05) is 0 Å². The second kappa shape index (κ2) is 3.17. The fourth-order valence-corrected chi connectivity index (χ4v) is 1.91. The number of hydrogen-bond donors (Lipinski definition) is 2. The van der Waals surface area contributed by atoms with Gasteiger partial charge in [0.2, 0.25) is 0 Å². The minimum atomic E-state index is 0.00639. The van der Waals surface area contributed by atoms with E-state index in [1.54, 1.807) is 0 Å². The van der Waals surface area contributed by atoms with E-state index in [4.69, 9.17) is 0 Å². The van der Waals surface area contributed by atoms with E-state index in [-0.39, 0.29) is 6.03 Å². The Hall–Kier alpha value is -0.990. The number of hydrogen-bond acceptors (Lipinski definition) is 1. The molecule has 3 nitrogen and oxygen atoms in total. The van der Waals surface area contributed by atoms with Crippen molar-refractivity contribution in [1.82, 2.24) is 10.6 Å². The predicted molar refractivity (Wildman–Crippen MR) is 46.9 cm³/mol. The molecule has 2 aliphatic rings. The highest BCUT2D eigenvalue weighted by Crippen LogP contribution is 2.16. The van der Waals surface area contributed by atoms with E-state index in [0.717, 1.165) is 25.7 Å². The Kier molecular flexibility index (Phi) is 2.02. The van der Waals surface area contributed by atoms with Crippen LogP contribution in [-0.2, 0) is 0 Å². The molecule has 0 aromatic rings. The lowest BCUT2D eigenvalue weighted by atomic mass is 9.97. The minimum Gasteiger partial charge on any atom is -0.333 e. The number of allylic oxidation sites excluding steroid dienone is 2. The van der Waals surface area contributed by atoms with Crippen molar-refractivity contribution in [2.75, 3.05) is 0 Å². The van der Waals surface area contributed by atoms with Crippen LogP contribution in [0.4, 0.5) is 4.79 Å². The molecule has 0 aromatic heterocycles. The summed E-state index contributed by atoms with van der Waals surface area (Å²) < 4.78 is 0. The van der Waals surface area contributed by atoms with E-state index in [1.807, 2.05) is 0 Å². The average molecular weight is 166 g/mol. The van der Waals surface area contributed by atoms with Crippen molar-refractivity contribution >= 4 is 6.03 Å². The van der Waals surface area contributed by atoms with Crippen molar-refractivity contribution in [1.29, 1.82) is 0 Å². The van der Waals surface area contributed by atoms with E-state index in [0.29, 0.717) is 12.1 Å². The highest BCUT2D eigenvalue weighted by atomic mass is 16.2. The van der Waals surface area contributed by atoms with Gasteiger partial charge in [-0.15, -0.1) is 0 Å². The predicted octanol–water partition coefficient (Wildman–Crippen LogP) is 1.17. The van der Waals surface area contributed by atoms with Gasteiger partial charge in [-0.2, -0.15) is 0 Å². The number of amides is 2. The van der Waals surface area contributed by atoms with Gasteiger partial charge < -0.3 is 10.6 Å². The summed E-state index contributed by atoms with van der Waals surface area (Å²) in [5.41, 5.74) is 0. The van der Waals surface area contributed by atoms with Crippen molar-refractivity contribution in [3.05, 3.63) is 12.2 Å². The molecular weight excluding hydrogens is 152 g/mol. The number of urea groups is 1. The summed E-state index contributed by atoms with van der Waals surface area (Å²) in [5, 5.41) is 5.88. The third-order valence-electron chi connectivity index (χ3n) is 2.57. The Bertz CT molecular complexity index is 193. The maximum atomic E-state index is 11.0. The molecule has 2 unspecified atom stereocenters. The molecule has 2 amide bonds. The van der Waals surface area contributed by atoms with Gasteiger partial charge in [-0.25, -0.2) is 4.79 Å². The summed E-state index contributed by atoms with van der Waals surface area (Å²) in [5.74, 6) is 0. The van der Waals surface area contributed by atoms with E-state index in [2.05, 4.69) is 22.8 Å². The molecule has 0 saturated carbocycles. The first-order valence-corrected chi connectivity index (χ1v) is 4.58. The minimum absolute atomic E-state index is 0.00639. The maximum Gasteiger partial charge on any atom is 0.315 e. The van der Waals surface area contributed by atoms with Crippen LogP contribution in [0, 0.1) is 0 Å². The molecule has 0 spiro atoms. The van der Waals surface area contributed by atoms with Crippen molar-refractivity contribution in [2.45, 2.75) is 37.8 Å². The topological polar surface area (TPSA) is 41.1 Å². The van der Waals surface area contributed by atoms with Crippen LogP contribution >= 0.6 is 0 Å². The molecule has 0 bridgehead atoms. The SMILES string of the molecule is O=C1NC2CC/C=C/CCC2N1. The first-order chi connectivity index (χ1) is 5.86. The molecule has 1 aliphatic heterocycles. The lowest BCUT2D eigenvalue weighted by Gasteiger charge is -2.18. The van der Waals surface area contributed by atoms with Gasteiger partial charge in [0.1, 0.15) is 0 Å². The van der Waals surface area contributed by atoms with Crippen LogP contribution in [0.15, 0.2) is 12.2 Å². The summed E-state index contributed by atoms with van der Waals surface area (Å²) in [6, 6.07) is 0.733. The first kappa shape index (κ1) is 7.65. The number of fused-ring (bicyclic) bond motifs is 1. The number of carbonyl (C=O) groups excluding carboxylic acids is 1. The lowest BCUT2D eigenvalue weighted by Crippen LogP contribution is -2.33. The van der Waals surface area contributed by atoms with Crippen molar-refractivity contribution in [3.63, 3.8) is 0 Å². The molecule has 2 N–H and O–H groups in total. The molecule has 2 atom stereocenters. The molecule has 0 aromatic carbocycles. The van der Waals surface area contributed by atoms with Crippen LogP contribution in [-0.4, -0.2) is 18.1 Å². The van der Waals surface area contributed by atoms with Crippen molar-refractivity contribution in [2.24, 2.45) is 0 Å². The Morgan fingerprint density at radius 2 is 1.58 bits per heavy atom. The fraction of sp³-hybridized carbons (Fsp3) is 0.667. The number of rotatable bonds is 0. The molecular formula is C9H14N2O. The fourth-order valence-electron chi connectivity index (χ4n) is 1.91. The zero-order valence-corrected chi connectivity index (χ0v) is 7.05. The monoisotopic (exact) mass is 166 g/mol. The van der Waals surface area contributed by atoms with Crippen LogP contribution < -0.4 is 10.6 Å². The van der Waals surface area contributed by atoms with Crippen LogP contribution in [0.5, 0.6) is 0 Å². The van der Waals surface area contributed by atoms with E-state index in [9.17, 15) is 4.79 Å². The summed E-state index contributed by atoms with van der Waals surface area (Å²) in [6.07, 6.45) is 8.73. The Balaban J connectivity index is 2.02. The Morgan fingerprint density at radius 1 is 1.08 bits per heavy atom. The normalized spacial score (nSPS) is 37.2. The zero-order valence-electron chi connectivity index (χ0n) is 7.05. The molecule has 1 fully saturated rings. The van der Waals surface area contributed by atoms with Gasteiger partial charge in [-0.3, -0.25) is 0 Å². The van der Waals surface area contributed by atoms with E-state index >= 15 is 0 Å². The summed E-state index contributed by atoms with van der Waals surface area (Å²) in [4.78, 5) is 11.0. The molecule has 1 saturated heterocycles. The highest BCUT2D eigenvalue weighted by molar-refractivity contribution is 5.77. The second-order valence-corrected chi connectivity index (χ2v) is 3.46. The van der Waals surface area contributed by atoms with Crippen LogP contribution in [0.25, 0.3) is 0 Å². The van der Waals surface area contributed by atoms with E-state index < -0.39 is 0 Å². The molecule has 1 aliphatic carbocycles. The summed E-state index contributed by atoms with van der Waals surface area (Å²) in [7, 11) is 0. The average Bonchev–Trinajstić information content (AvgIpc) is 2.32. The Labute approximate surface area is 72.2 Å². The molecule has 2 rings (SSSR count). The van der Waals surface area contributed by atoms with Crippen LogP contribution in [0.1, 0.15) is 25.7 Å².